The molecular formula is C18H25NO. The summed E-state index contributed by atoms with van der Waals surface area (Å²) in [5.41, 5.74) is 3.16. The average Bonchev–Trinajstić information content (AvgIpc) is 2.74. The van der Waals surface area contributed by atoms with Crippen molar-refractivity contribution < 1.29 is 4.74 Å². The predicted molar refractivity (Wildman–Crippen MR) is 83.9 cm³/mol. The molecule has 2 bridgehead atoms. The summed E-state index contributed by atoms with van der Waals surface area (Å²) >= 11 is 0. The second-order valence-corrected chi connectivity index (χ2v) is 6.98. The van der Waals surface area contributed by atoms with Gasteiger partial charge in [0.25, 0.3) is 0 Å². The van der Waals surface area contributed by atoms with E-state index in [9.17, 15) is 0 Å². The molecule has 2 unspecified atom stereocenters. The van der Waals surface area contributed by atoms with E-state index in [1.807, 2.05) is 19.1 Å². The van der Waals surface area contributed by atoms with E-state index < -0.39 is 0 Å². The van der Waals surface area contributed by atoms with Gasteiger partial charge in [0.15, 0.2) is 0 Å². The molecule has 0 spiro atoms. The topological polar surface area (TPSA) is 21.6 Å². The maximum absolute atomic E-state index is 5.48. The highest BCUT2D eigenvalue weighted by Crippen LogP contribution is 2.64. The third kappa shape index (κ3) is 1.88. The van der Waals surface area contributed by atoms with Crippen LogP contribution in [0.1, 0.15) is 47.0 Å². The smallest absolute Gasteiger partial charge is 0.119 e. The summed E-state index contributed by atoms with van der Waals surface area (Å²) in [4.78, 5) is 4.97. The second-order valence-electron chi connectivity index (χ2n) is 6.98. The van der Waals surface area contributed by atoms with Crippen LogP contribution in [0.25, 0.3) is 0 Å². The maximum Gasteiger partial charge on any atom is 0.119 e. The monoisotopic (exact) mass is 271 g/mol. The molecule has 20 heavy (non-hydrogen) atoms. The third-order valence-electron chi connectivity index (χ3n) is 5.92. The largest absolute Gasteiger partial charge is 0.494 e. The zero-order valence-electron chi connectivity index (χ0n) is 13.1. The fourth-order valence-electron chi connectivity index (χ4n) is 4.04. The van der Waals surface area contributed by atoms with Gasteiger partial charge in [0.2, 0.25) is 0 Å². The number of fused-ring (bicyclic) bond motifs is 2. The summed E-state index contributed by atoms with van der Waals surface area (Å²) in [6, 6.07) is 8.17. The van der Waals surface area contributed by atoms with Crippen molar-refractivity contribution in [2.75, 3.05) is 6.61 Å². The van der Waals surface area contributed by atoms with Crippen molar-refractivity contribution in [1.29, 1.82) is 0 Å². The lowest BCUT2D eigenvalue weighted by molar-refractivity contribution is 0.194. The Morgan fingerprint density at radius 3 is 2.40 bits per heavy atom. The summed E-state index contributed by atoms with van der Waals surface area (Å²) in [5.74, 6) is 1.74. The molecule has 2 atom stereocenters. The number of hydrogen-bond acceptors (Lipinski definition) is 2. The Bertz CT molecular complexity index is 529. The first kappa shape index (κ1) is 13.7. The molecule has 0 aliphatic heterocycles. The van der Waals surface area contributed by atoms with Crippen LogP contribution in [-0.2, 0) is 0 Å². The van der Waals surface area contributed by atoms with Gasteiger partial charge in [-0.3, -0.25) is 4.99 Å². The summed E-state index contributed by atoms with van der Waals surface area (Å²) < 4.78 is 5.48. The van der Waals surface area contributed by atoms with E-state index in [1.54, 1.807) is 0 Å². The molecule has 0 N–H and O–H groups in total. The summed E-state index contributed by atoms with van der Waals surface area (Å²) in [5, 5.41) is 0. The molecule has 2 saturated carbocycles. The fourth-order valence-corrected chi connectivity index (χ4v) is 4.04. The van der Waals surface area contributed by atoms with Crippen molar-refractivity contribution in [3.8, 4) is 5.75 Å². The summed E-state index contributed by atoms with van der Waals surface area (Å²) in [6.45, 7) is 9.97. The average molecular weight is 271 g/mol. The van der Waals surface area contributed by atoms with Crippen molar-refractivity contribution >= 4 is 11.4 Å². The molecular weight excluding hydrogens is 246 g/mol. The minimum absolute atomic E-state index is 0.288. The van der Waals surface area contributed by atoms with Gasteiger partial charge in [-0.2, -0.15) is 0 Å². The third-order valence-corrected chi connectivity index (χ3v) is 5.92. The van der Waals surface area contributed by atoms with Crippen molar-refractivity contribution in [1.82, 2.24) is 0 Å². The summed E-state index contributed by atoms with van der Waals surface area (Å²) in [7, 11) is 0. The van der Waals surface area contributed by atoms with Gasteiger partial charge in [0.1, 0.15) is 5.75 Å². The zero-order chi connectivity index (χ0) is 14.4. The van der Waals surface area contributed by atoms with Crippen LogP contribution in [0.2, 0.25) is 0 Å². The van der Waals surface area contributed by atoms with Gasteiger partial charge in [-0.15, -0.1) is 0 Å². The standard InChI is InChI=1S/C18H25NO/c1-5-20-15-8-6-14(7-9-15)19-16-12-13-10-11-18(16,4)17(13,2)3/h6-9,13H,5,10-12H2,1-4H3. The number of ether oxygens (including phenoxy) is 1. The Kier molecular flexibility index (Phi) is 3.15. The van der Waals surface area contributed by atoms with E-state index in [4.69, 9.17) is 9.73 Å². The molecule has 0 aromatic heterocycles. The SMILES string of the molecule is CCOc1ccc(N=C2CC3CCC2(C)C3(C)C)cc1. The van der Waals surface area contributed by atoms with E-state index in [1.165, 1.54) is 25.0 Å². The number of rotatable bonds is 3. The Balaban J connectivity index is 1.87. The highest BCUT2D eigenvalue weighted by Gasteiger charge is 2.59. The quantitative estimate of drug-likeness (QED) is 0.757. The molecule has 2 aliphatic carbocycles. The Morgan fingerprint density at radius 1 is 1.20 bits per heavy atom. The van der Waals surface area contributed by atoms with E-state index in [2.05, 4.69) is 32.9 Å². The van der Waals surface area contributed by atoms with E-state index in [0.717, 1.165) is 17.4 Å². The predicted octanol–water partition coefficient (Wildman–Crippen LogP) is 5.00. The highest BCUT2D eigenvalue weighted by atomic mass is 16.5. The maximum atomic E-state index is 5.48. The van der Waals surface area contributed by atoms with Crippen LogP contribution < -0.4 is 4.74 Å². The van der Waals surface area contributed by atoms with E-state index >= 15 is 0 Å². The lowest BCUT2D eigenvalue weighted by atomic mass is 9.70. The van der Waals surface area contributed by atoms with Gasteiger partial charge in [0, 0.05) is 11.1 Å². The van der Waals surface area contributed by atoms with Gasteiger partial charge in [-0.05, 0) is 61.8 Å². The van der Waals surface area contributed by atoms with Crippen molar-refractivity contribution in [3.63, 3.8) is 0 Å². The fraction of sp³-hybridized carbons (Fsp3) is 0.611. The number of aliphatic imine (C=N–C) groups is 1. The number of nitrogens with zero attached hydrogens (tertiary/aromatic N) is 1. The molecule has 1 aromatic rings. The summed E-state index contributed by atoms with van der Waals surface area (Å²) in [6.07, 6.45) is 3.84. The number of hydrogen-bond donors (Lipinski definition) is 0. The van der Waals surface area contributed by atoms with Crippen LogP contribution in [0.15, 0.2) is 29.3 Å². The molecule has 0 heterocycles. The minimum atomic E-state index is 0.288. The number of benzene rings is 1. The van der Waals surface area contributed by atoms with Crippen LogP contribution >= 0.6 is 0 Å². The van der Waals surface area contributed by atoms with Crippen LogP contribution in [0, 0.1) is 16.7 Å². The van der Waals surface area contributed by atoms with Gasteiger partial charge in [-0.25, -0.2) is 0 Å². The molecule has 2 heteroatoms. The normalized spacial score (nSPS) is 32.8. The van der Waals surface area contributed by atoms with Gasteiger partial charge >= 0.3 is 0 Å². The lowest BCUT2D eigenvalue weighted by Crippen LogP contribution is -2.32. The van der Waals surface area contributed by atoms with Crippen LogP contribution in [0.5, 0.6) is 5.75 Å². The highest BCUT2D eigenvalue weighted by molar-refractivity contribution is 5.96. The molecule has 2 fully saturated rings. The second kappa shape index (κ2) is 4.61. The Morgan fingerprint density at radius 2 is 1.90 bits per heavy atom. The van der Waals surface area contributed by atoms with Crippen molar-refractivity contribution in [3.05, 3.63) is 24.3 Å². The van der Waals surface area contributed by atoms with Crippen LogP contribution in [-0.4, -0.2) is 12.3 Å². The molecule has 2 aliphatic rings. The Labute approximate surface area is 122 Å². The molecule has 0 amide bonds. The lowest BCUT2D eigenvalue weighted by Gasteiger charge is -2.34. The van der Waals surface area contributed by atoms with Gasteiger partial charge in [-0.1, -0.05) is 20.8 Å². The first-order valence-electron chi connectivity index (χ1n) is 7.78. The Hall–Kier alpha value is -1.31. The molecule has 1 aromatic carbocycles. The first-order chi connectivity index (χ1) is 9.47. The van der Waals surface area contributed by atoms with Gasteiger partial charge in [0.05, 0.1) is 12.3 Å². The van der Waals surface area contributed by atoms with E-state index in [-0.39, 0.29) is 5.41 Å². The molecule has 3 rings (SSSR count). The minimum Gasteiger partial charge on any atom is -0.494 e. The van der Waals surface area contributed by atoms with Crippen molar-refractivity contribution in [2.45, 2.75) is 47.0 Å². The first-order valence-corrected chi connectivity index (χ1v) is 7.78. The molecule has 2 nitrogen and oxygen atoms in total. The van der Waals surface area contributed by atoms with Crippen LogP contribution in [0.3, 0.4) is 0 Å². The van der Waals surface area contributed by atoms with Crippen molar-refractivity contribution in [2.24, 2.45) is 21.7 Å². The molecule has 0 saturated heterocycles. The molecule has 108 valence electrons. The van der Waals surface area contributed by atoms with Crippen LogP contribution in [0.4, 0.5) is 5.69 Å². The van der Waals surface area contributed by atoms with E-state index in [0.29, 0.717) is 12.0 Å². The van der Waals surface area contributed by atoms with Gasteiger partial charge < -0.3 is 4.74 Å². The molecule has 0 radical (unpaired) electrons. The zero-order valence-corrected chi connectivity index (χ0v) is 13.1.